The molecule has 1 aliphatic heterocycles. The molecule has 1 aliphatic carbocycles. The van der Waals surface area contributed by atoms with Crippen molar-refractivity contribution in [2.75, 3.05) is 10.2 Å². The van der Waals surface area contributed by atoms with E-state index >= 15 is 0 Å². The molecule has 1 heterocycles. The maximum absolute atomic E-state index is 14.2. The SMILES string of the molecule is CC(=O)N1c2ccc(F)cc2[C@H](Nc2ccc(C(=O)NC(C)C)cc2)[C@@H](C)[C@@H]1C1CC1. The van der Waals surface area contributed by atoms with Crippen molar-refractivity contribution in [3.63, 3.8) is 0 Å². The number of rotatable bonds is 5. The fraction of sp³-hybridized carbons (Fsp3) is 0.440. The van der Waals surface area contributed by atoms with Gasteiger partial charge in [-0.25, -0.2) is 4.39 Å². The largest absolute Gasteiger partial charge is 0.378 e. The highest BCUT2D eigenvalue weighted by Gasteiger charge is 2.47. The van der Waals surface area contributed by atoms with E-state index in [0.717, 1.165) is 29.8 Å². The Morgan fingerprint density at radius 3 is 2.35 bits per heavy atom. The molecule has 2 aliphatic rings. The Bertz CT molecular complexity index is 985. The number of carbonyl (C=O) groups is 2. The minimum Gasteiger partial charge on any atom is -0.378 e. The number of anilines is 2. The van der Waals surface area contributed by atoms with Crippen LogP contribution >= 0.6 is 0 Å². The van der Waals surface area contributed by atoms with Crippen molar-refractivity contribution in [2.45, 2.75) is 58.7 Å². The molecule has 4 rings (SSSR count). The second kappa shape index (κ2) is 8.33. The van der Waals surface area contributed by atoms with E-state index in [1.54, 1.807) is 25.1 Å². The molecule has 0 spiro atoms. The van der Waals surface area contributed by atoms with E-state index in [2.05, 4.69) is 17.6 Å². The van der Waals surface area contributed by atoms with Crippen molar-refractivity contribution in [3.8, 4) is 0 Å². The number of halogens is 1. The van der Waals surface area contributed by atoms with Crippen molar-refractivity contribution in [1.82, 2.24) is 5.32 Å². The summed E-state index contributed by atoms with van der Waals surface area (Å²) in [5.41, 5.74) is 3.04. The van der Waals surface area contributed by atoms with Crippen LogP contribution in [0.15, 0.2) is 42.5 Å². The van der Waals surface area contributed by atoms with Crippen molar-refractivity contribution in [1.29, 1.82) is 0 Å². The molecule has 0 aromatic heterocycles. The lowest BCUT2D eigenvalue weighted by Gasteiger charge is -2.46. The maximum atomic E-state index is 14.2. The van der Waals surface area contributed by atoms with Gasteiger partial charge in [-0.2, -0.15) is 0 Å². The first-order valence-corrected chi connectivity index (χ1v) is 11.0. The molecule has 2 N–H and O–H groups in total. The fourth-order valence-electron chi connectivity index (χ4n) is 4.78. The molecule has 2 amide bonds. The monoisotopic (exact) mass is 423 g/mol. The number of nitrogens with zero attached hydrogens (tertiary/aromatic N) is 1. The highest BCUT2D eigenvalue weighted by molar-refractivity contribution is 5.95. The number of carbonyl (C=O) groups excluding carboxylic acids is 2. The van der Waals surface area contributed by atoms with Crippen LogP contribution < -0.4 is 15.5 Å². The van der Waals surface area contributed by atoms with Gasteiger partial charge in [0, 0.05) is 47.4 Å². The molecular formula is C25H30FN3O2. The Labute approximate surface area is 183 Å². The molecular weight excluding hydrogens is 393 g/mol. The Morgan fingerprint density at radius 2 is 1.77 bits per heavy atom. The number of amides is 2. The maximum Gasteiger partial charge on any atom is 0.251 e. The van der Waals surface area contributed by atoms with Crippen molar-refractivity contribution in [3.05, 3.63) is 59.4 Å². The zero-order valence-corrected chi connectivity index (χ0v) is 18.5. The lowest BCUT2D eigenvalue weighted by atomic mass is 9.79. The van der Waals surface area contributed by atoms with Crippen LogP contribution in [0, 0.1) is 17.7 Å². The Balaban J connectivity index is 1.65. The molecule has 2 aromatic carbocycles. The lowest BCUT2D eigenvalue weighted by molar-refractivity contribution is -0.117. The summed E-state index contributed by atoms with van der Waals surface area (Å²) in [7, 11) is 0. The van der Waals surface area contributed by atoms with Gasteiger partial charge in [-0.3, -0.25) is 9.59 Å². The van der Waals surface area contributed by atoms with Gasteiger partial charge in [-0.05, 0) is 75.1 Å². The third-order valence-corrected chi connectivity index (χ3v) is 6.28. The number of hydrogen-bond donors (Lipinski definition) is 2. The predicted molar refractivity (Wildman–Crippen MR) is 121 cm³/mol. The molecule has 31 heavy (non-hydrogen) atoms. The van der Waals surface area contributed by atoms with Crippen LogP contribution in [0.2, 0.25) is 0 Å². The first kappa shape index (κ1) is 21.3. The van der Waals surface area contributed by atoms with Gasteiger partial charge >= 0.3 is 0 Å². The van der Waals surface area contributed by atoms with Gasteiger partial charge in [-0.1, -0.05) is 6.92 Å². The topological polar surface area (TPSA) is 61.4 Å². The van der Waals surface area contributed by atoms with E-state index in [4.69, 9.17) is 0 Å². The van der Waals surface area contributed by atoms with E-state index in [0.29, 0.717) is 11.5 Å². The summed E-state index contributed by atoms with van der Waals surface area (Å²) in [6.07, 6.45) is 2.23. The van der Waals surface area contributed by atoms with Gasteiger partial charge in [0.05, 0.1) is 6.04 Å². The average Bonchev–Trinajstić information content (AvgIpc) is 3.54. The zero-order valence-electron chi connectivity index (χ0n) is 18.5. The minimum atomic E-state index is -0.313. The first-order valence-electron chi connectivity index (χ1n) is 11.0. The molecule has 1 saturated carbocycles. The normalized spacial score (nSPS) is 22.8. The molecule has 0 saturated heterocycles. The second-order valence-corrected chi connectivity index (χ2v) is 9.11. The predicted octanol–water partition coefficient (Wildman–Crippen LogP) is 4.90. The average molecular weight is 424 g/mol. The minimum absolute atomic E-state index is 0.00410. The van der Waals surface area contributed by atoms with Crippen molar-refractivity contribution < 1.29 is 14.0 Å². The van der Waals surface area contributed by atoms with Gasteiger partial charge in [-0.15, -0.1) is 0 Å². The van der Waals surface area contributed by atoms with E-state index in [-0.39, 0.29) is 41.7 Å². The number of hydrogen-bond acceptors (Lipinski definition) is 3. The molecule has 6 heteroatoms. The third kappa shape index (κ3) is 4.29. The fourth-order valence-corrected chi connectivity index (χ4v) is 4.78. The van der Waals surface area contributed by atoms with Crippen LogP contribution in [-0.4, -0.2) is 23.9 Å². The summed E-state index contributed by atoms with van der Waals surface area (Å²) in [6.45, 7) is 7.57. The number of fused-ring (bicyclic) bond motifs is 1. The van der Waals surface area contributed by atoms with Crippen LogP contribution in [0.5, 0.6) is 0 Å². The summed E-state index contributed by atoms with van der Waals surface area (Å²) in [5.74, 6) is 0.159. The number of benzene rings is 2. The zero-order chi connectivity index (χ0) is 22.3. The Morgan fingerprint density at radius 1 is 1.10 bits per heavy atom. The van der Waals surface area contributed by atoms with Crippen LogP contribution in [0.25, 0.3) is 0 Å². The van der Waals surface area contributed by atoms with Crippen LogP contribution in [-0.2, 0) is 4.79 Å². The summed E-state index contributed by atoms with van der Waals surface area (Å²) in [5, 5.41) is 6.45. The molecule has 0 radical (unpaired) electrons. The quantitative estimate of drug-likeness (QED) is 0.719. The van der Waals surface area contributed by atoms with Crippen LogP contribution in [0.1, 0.15) is 62.5 Å². The van der Waals surface area contributed by atoms with Gasteiger partial charge in [0.2, 0.25) is 5.91 Å². The summed E-state index contributed by atoms with van der Waals surface area (Å²) in [4.78, 5) is 26.6. The third-order valence-electron chi connectivity index (χ3n) is 6.28. The van der Waals surface area contributed by atoms with Crippen LogP contribution in [0.4, 0.5) is 15.8 Å². The smallest absolute Gasteiger partial charge is 0.251 e. The van der Waals surface area contributed by atoms with Gasteiger partial charge in [0.25, 0.3) is 5.91 Å². The summed E-state index contributed by atoms with van der Waals surface area (Å²) < 4.78 is 14.2. The molecule has 5 nitrogen and oxygen atoms in total. The molecule has 2 aromatic rings. The standard InChI is InChI=1S/C25H30FN3O2/c1-14(2)27-25(31)18-7-10-20(11-8-18)28-23-15(3)24(17-5-6-17)29(16(4)30)22-12-9-19(26)13-21(22)23/h7-15,17,23-24,28H,5-6H2,1-4H3,(H,27,31)/t15-,23-,24-/m1/s1. The lowest BCUT2D eigenvalue weighted by Crippen LogP contribution is -2.51. The van der Waals surface area contributed by atoms with E-state index in [1.165, 1.54) is 12.1 Å². The summed E-state index contributed by atoms with van der Waals surface area (Å²) >= 11 is 0. The molecule has 164 valence electrons. The van der Waals surface area contributed by atoms with Crippen molar-refractivity contribution in [2.24, 2.45) is 11.8 Å². The Hall–Kier alpha value is -2.89. The second-order valence-electron chi connectivity index (χ2n) is 9.11. The van der Waals surface area contributed by atoms with E-state index in [1.807, 2.05) is 30.9 Å². The van der Waals surface area contributed by atoms with Gasteiger partial charge in [0.1, 0.15) is 5.82 Å². The highest BCUT2D eigenvalue weighted by atomic mass is 19.1. The number of nitrogens with one attached hydrogen (secondary N) is 2. The highest BCUT2D eigenvalue weighted by Crippen LogP contribution is 2.50. The molecule has 0 bridgehead atoms. The van der Waals surface area contributed by atoms with Gasteiger partial charge < -0.3 is 15.5 Å². The summed E-state index contributed by atoms with van der Waals surface area (Å²) in [6, 6.07) is 12.0. The van der Waals surface area contributed by atoms with E-state index < -0.39 is 0 Å². The molecule has 0 unspecified atom stereocenters. The van der Waals surface area contributed by atoms with E-state index in [9.17, 15) is 14.0 Å². The van der Waals surface area contributed by atoms with Crippen LogP contribution in [0.3, 0.4) is 0 Å². The molecule has 1 fully saturated rings. The molecule has 3 atom stereocenters. The Kier molecular flexibility index (Phi) is 5.73. The van der Waals surface area contributed by atoms with Gasteiger partial charge in [0.15, 0.2) is 0 Å². The first-order chi connectivity index (χ1) is 14.8. The van der Waals surface area contributed by atoms with Crippen molar-refractivity contribution >= 4 is 23.2 Å².